The molecule has 0 aromatic carbocycles. The Morgan fingerprint density at radius 1 is 0.800 bits per heavy atom. The Bertz CT molecular complexity index is 1850. The zero-order chi connectivity index (χ0) is 41.6. The molecule has 0 unspecified atom stereocenters. The van der Waals surface area contributed by atoms with Gasteiger partial charge in [0, 0.05) is 24.9 Å². The number of hydrogen-bond acceptors (Lipinski definition) is 12. The summed E-state index contributed by atoms with van der Waals surface area (Å²) >= 11 is 20.6. The number of aliphatic imine (C=N–C) groups is 2. The fourth-order valence-corrected chi connectivity index (χ4v) is 8.25. The van der Waals surface area contributed by atoms with Gasteiger partial charge in [0.1, 0.15) is 16.9 Å². The number of nitrogens with zero attached hydrogens (tertiary/aromatic N) is 2. The Balaban J connectivity index is 0.000000410. The third-order valence-corrected chi connectivity index (χ3v) is 12.7. The number of aliphatic carboxylic acids is 2. The molecule has 3 aliphatic heterocycles. The lowest BCUT2D eigenvalue weighted by atomic mass is 9.71. The highest BCUT2D eigenvalue weighted by molar-refractivity contribution is 9.13. The number of carbonyl (C=O) groups is 4. The molecule has 1 spiro atoms. The van der Waals surface area contributed by atoms with E-state index in [1.54, 1.807) is 12.1 Å². The first-order valence-corrected chi connectivity index (χ1v) is 18.3. The van der Waals surface area contributed by atoms with Crippen molar-refractivity contribution in [1.82, 2.24) is 31.2 Å². The first kappa shape index (κ1) is 44.4. The minimum atomic E-state index is -5.08. The number of aromatic nitrogens is 2. The second kappa shape index (κ2) is 16.3. The fraction of sp³-hybridized carbons (Fsp3) is 0.462. The normalized spacial score (nSPS) is 28.9. The third kappa shape index (κ3) is 9.14. The monoisotopic (exact) mass is 1070 g/mol. The van der Waals surface area contributed by atoms with Crippen LogP contribution in [-0.4, -0.2) is 115 Å². The van der Waals surface area contributed by atoms with Crippen molar-refractivity contribution in [3.05, 3.63) is 41.7 Å². The Kier molecular flexibility index (Phi) is 13.1. The Labute approximate surface area is 341 Å². The maximum absolute atomic E-state index is 13.1. The van der Waals surface area contributed by atoms with Gasteiger partial charge >= 0.3 is 24.3 Å². The number of guanidine groups is 2. The van der Waals surface area contributed by atoms with Crippen LogP contribution in [-0.2, 0) is 14.3 Å². The summed E-state index contributed by atoms with van der Waals surface area (Å²) < 4.78 is 72.1. The number of ether oxygens (including phenoxy) is 1. The zero-order valence-electron chi connectivity index (χ0n) is 26.6. The van der Waals surface area contributed by atoms with Crippen LogP contribution < -0.4 is 32.7 Å². The lowest BCUT2D eigenvalue weighted by Crippen LogP contribution is -2.75. The molecule has 4 aliphatic rings. The first-order chi connectivity index (χ1) is 25.2. The SMILES string of the molecule is NC1=N[C@@H]2O[C@@H]3N=C(N)N[C@]34[C@H]([C@H](CNC(=O)c3cc(Br)c(Br)[nH]3)[C@@H](CNC(=O)c3cc(Br)c(Br)[nH]3)[C@@H]4Cl)[C@]2(O)N1.O=C(O)C(F)(F)F.O=C(O)C(F)(F)F. The average Bonchev–Trinajstić information content (AvgIpc) is 3.82. The van der Waals surface area contributed by atoms with E-state index in [1.807, 2.05) is 0 Å². The number of aromatic amines is 2. The van der Waals surface area contributed by atoms with Gasteiger partial charge in [0.25, 0.3) is 11.8 Å². The minimum absolute atomic E-state index is 0.0146. The van der Waals surface area contributed by atoms with Crippen molar-refractivity contribution in [2.75, 3.05) is 13.1 Å². The number of nitrogens with two attached hydrogens (primary N) is 2. The maximum Gasteiger partial charge on any atom is 0.490 e. The van der Waals surface area contributed by atoms with Crippen molar-refractivity contribution in [1.29, 1.82) is 0 Å². The molecule has 1 saturated heterocycles. The highest BCUT2D eigenvalue weighted by Gasteiger charge is 2.76. The molecule has 2 aromatic rings. The molecule has 304 valence electrons. The summed E-state index contributed by atoms with van der Waals surface area (Å²) in [6, 6.07) is 3.28. The molecule has 2 fully saturated rings. The summed E-state index contributed by atoms with van der Waals surface area (Å²) in [5, 5.41) is 37.4. The van der Waals surface area contributed by atoms with Gasteiger partial charge in [-0.3, -0.25) is 9.59 Å². The van der Waals surface area contributed by atoms with E-state index in [0.717, 1.165) is 0 Å². The van der Waals surface area contributed by atoms with Crippen LogP contribution in [0.1, 0.15) is 21.0 Å². The van der Waals surface area contributed by atoms with Gasteiger partial charge in [-0.05, 0) is 81.8 Å². The number of fused-ring (bicyclic) bond motifs is 2. The van der Waals surface area contributed by atoms with Crippen LogP contribution >= 0.6 is 75.3 Å². The number of aliphatic hydroxyl groups is 1. The number of amides is 2. The molecule has 6 rings (SSSR count). The number of carbonyl (C=O) groups excluding carboxylic acids is 2. The Hall–Kier alpha value is -3.31. The van der Waals surface area contributed by atoms with Crippen molar-refractivity contribution in [3.8, 4) is 0 Å². The van der Waals surface area contributed by atoms with Crippen LogP contribution in [0.4, 0.5) is 26.3 Å². The summed E-state index contributed by atoms with van der Waals surface area (Å²) in [4.78, 5) is 58.5. The lowest BCUT2D eigenvalue weighted by Gasteiger charge is -2.51. The second-order valence-corrected chi connectivity index (χ2v) is 15.6. The minimum Gasteiger partial charge on any atom is -0.475 e. The molecule has 2 aromatic heterocycles. The van der Waals surface area contributed by atoms with Crippen LogP contribution in [0.3, 0.4) is 0 Å². The van der Waals surface area contributed by atoms with Crippen LogP contribution in [0.5, 0.6) is 0 Å². The summed E-state index contributed by atoms with van der Waals surface area (Å²) in [5.74, 6) is -8.05. The van der Waals surface area contributed by atoms with Gasteiger partial charge in [-0.15, -0.1) is 11.6 Å². The molecule has 0 bridgehead atoms. The number of hydrogen-bond donors (Lipinski definition) is 11. The fourth-order valence-electron chi connectivity index (χ4n) is 6.36. The number of rotatable bonds is 6. The number of nitrogens with one attached hydrogen (secondary N) is 6. The molecule has 8 atom stereocenters. The summed E-state index contributed by atoms with van der Waals surface area (Å²) in [6.45, 7) is 0.152. The molecule has 18 nitrogen and oxygen atoms in total. The van der Waals surface area contributed by atoms with Crippen molar-refractivity contribution >= 4 is 111 Å². The van der Waals surface area contributed by atoms with Gasteiger partial charge in [-0.1, -0.05) is 0 Å². The quantitative estimate of drug-likeness (QED) is 0.147. The standard InChI is InChI=1S/C22H23Br4ClN10O4.2C2HF3O2/c23-7-1-9(32-13(7)25)15(38)30-3-5-6(4-31-16(39)10-2-8(24)14(26)33-10)12(27)21-11(5)22(40)18(35-20(29)37-22)41-17(21)34-19(28)36-21;2*3-2(4,5)1(6)7/h1-2,5-6,11-12,17-18,32-33,40H,3-4H2,(H,30,38)(H,31,39)(H3,28,34,36)(H3,29,35,37);2*(H,6,7)/t5-,6-,11+,12+,17+,18-,21+,22-;;/m1../s1. The van der Waals surface area contributed by atoms with Crippen LogP contribution in [0, 0.1) is 17.8 Å². The molecular weight excluding hydrogens is 1050 g/mol. The highest BCUT2D eigenvalue weighted by Crippen LogP contribution is 2.58. The second-order valence-electron chi connectivity index (χ2n) is 11.8. The lowest BCUT2D eigenvalue weighted by molar-refractivity contribution is -0.233. The predicted molar refractivity (Wildman–Crippen MR) is 190 cm³/mol. The molecule has 1 aliphatic carbocycles. The van der Waals surface area contributed by atoms with Crippen molar-refractivity contribution in [2.45, 2.75) is 41.4 Å². The average molecular weight is 1070 g/mol. The molecule has 0 radical (unpaired) electrons. The first-order valence-electron chi connectivity index (χ1n) is 14.7. The smallest absolute Gasteiger partial charge is 0.475 e. The molecule has 2 amide bonds. The largest absolute Gasteiger partial charge is 0.490 e. The van der Waals surface area contributed by atoms with E-state index in [2.05, 4.69) is 105 Å². The van der Waals surface area contributed by atoms with Crippen molar-refractivity contribution in [3.63, 3.8) is 0 Å². The van der Waals surface area contributed by atoms with Gasteiger partial charge in [-0.25, -0.2) is 19.6 Å². The van der Waals surface area contributed by atoms with Crippen LogP contribution in [0.2, 0.25) is 0 Å². The summed E-state index contributed by atoms with van der Waals surface area (Å²) in [6.07, 6.45) is -12.2. The molecule has 55 heavy (non-hydrogen) atoms. The van der Waals surface area contributed by atoms with E-state index in [0.29, 0.717) is 29.5 Å². The van der Waals surface area contributed by atoms with E-state index in [4.69, 9.17) is 47.6 Å². The molecule has 29 heteroatoms. The van der Waals surface area contributed by atoms with Gasteiger partial charge in [0.15, 0.2) is 23.9 Å². The van der Waals surface area contributed by atoms with E-state index < -0.39 is 71.1 Å². The number of carboxylic acids is 2. The van der Waals surface area contributed by atoms with Gasteiger partial charge in [0.2, 0.25) is 6.23 Å². The van der Waals surface area contributed by atoms with Crippen molar-refractivity contribution < 1.29 is 65.6 Å². The maximum atomic E-state index is 13.1. The van der Waals surface area contributed by atoms with E-state index in [9.17, 15) is 41.0 Å². The molecule has 13 N–H and O–H groups in total. The predicted octanol–water partition coefficient (Wildman–Crippen LogP) is 2.23. The Morgan fingerprint density at radius 2 is 1.20 bits per heavy atom. The summed E-state index contributed by atoms with van der Waals surface area (Å²) in [7, 11) is 0. The highest BCUT2D eigenvalue weighted by atomic mass is 79.9. The Morgan fingerprint density at radius 3 is 1.60 bits per heavy atom. The number of halogens is 11. The molecular formula is C26H25Br4ClF6N10O8. The topological polar surface area (TPSA) is 295 Å². The third-order valence-electron chi connectivity index (χ3n) is 8.45. The number of H-pyrrole nitrogens is 2. The van der Waals surface area contributed by atoms with Gasteiger partial charge in [0.05, 0.1) is 23.5 Å². The number of carboxylic acid groups (broad SMARTS) is 2. The van der Waals surface area contributed by atoms with E-state index in [1.165, 1.54) is 0 Å². The zero-order valence-corrected chi connectivity index (χ0v) is 33.7. The van der Waals surface area contributed by atoms with E-state index >= 15 is 0 Å². The van der Waals surface area contributed by atoms with Crippen LogP contribution in [0.25, 0.3) is 0 Å². The van der Waals surface area contributed by atoms with Crippen LogP contribution in [0.15, 0.2) is 40.3 Å². The molecule has 1 saturated carbocycles. The summed E-state index contributed by atoms with van der Waals surface area (Å²) in [5.41, 5.74) is 9.70. The van der Waals surface area contributed by atoms with Gasteiger partial charge in [-0.2, -0.15) is 26.3 Å². The van der Waals surface area contributed by atoms with Gasteiger partial charge < -0.3 is 62.8 Å². The molecule has 5 heterocycles. The number of alkyl halides is 7. The van der Waals surface area contributed by atoms with Crippen molar-refractivity contribution in [2.24, 2.45) is 39.2 Å². The van der Waals surface area contributed by atoms with E-state index in [-0.39, 0.29) is 36.8 Å².